The van der Waals surface area contributed by atoms with Gasteiger partial charge in [0, 0.05) is 0 Å². The molecule has 2 atom stereocenters. The highest BCUT2D eigenvalue weighted by molar-refractivity contribution is 6.04. The zero-order valence-electron chi connectivity index (χ0n) is 8.86. The molecule has 0 unspecified atom stereocenters. The zero-order chi connectivity index (χ0) is 11.1. The van der Waals surface area contributed by atoms with E-state index in [0.717, 1.165) is 12.8 Å². The average Bonchev–Trinajstić information content (AvgIpc) is 2.97. The summed E-state index contributed by atoms with van der Waals surface area (Å²) in [5, 5.41) is 0. The quantitative estimate of drug-likeness (QED) is 0.386. The Morgan fingerprint density at radius 3 is 1.80 bits per heavy atom. The van der Waals surface area contributed by atoms with E-state index in [9.17, 15) is 9.59 Å². The number of esters is 2. The summed E-state index contributed by atoms with van der Waals surface area (Å²) in [6.07, 6.45) is 5.54. The van der Waals surface area contributed by atoms with Crippen molar-refractivity contribution in [3.05, 3.63) is 12.2 Å². The average molecular weight is 210 g/mol. The Morgan fingerprint density at radius 1 is 1.07 bits per heavy atom. The van der Waals surface area contributed by atoms with E-state index < -0.39 is 17.4 Å². The fourth-order valence-electron chi connectivity index (χ4n) is 2.75. The highest BCUT2D eigenvalue weighted by atomic mass is 16.5. The summed E-state index contributed by atoms with van der Waals surface area (Å²) in [4.78, 5) is 23.4. The smallest absolute Gasteiger partial charge is 0.323 e. The van der Waals surface area contributed by atoms with Crippen LogP contribution in [0.5, 0.6) is 0 Å². The number of carbonyl (C=O) groups excluding carboxylic acids is 2. The van der Waals surface area contributed by atoms with E-state index in [4.69, 9.17) is 9.47 Å². The molecule has 0 spiro atoms. The minimum atomic E-state index is -1.02. The largest absolute Gasteiger partial charge is 0.468 e. The van der Waals surface area contributed by atoms with E-state index in [1.165, 1.54) is 14.2 Å². The fourth-order valence-corrected chi connectivity index (χ4v) is 2.75. The summed E-state index contributed by atoms with van der Waals surface area (Å²) < 4.78 is 9.45. The Balaban J connectivity index is 2.28. The van der Waals surface area contributed by atoms with Crippen molar-refractivity contribution >= 4 is 11.9 Å². The zero-order valence-corrected chi connectivity index (χ0v) is 8.86. The summed E-state index contributed by atoms with van der Waals surface area (Å²) in [5.41, 5.74) is -1.02. The Morgan fingerprint density at radius 2 is 1.47 bits per heavy atom. The number of methoxy groups -OCH3 is 2. The van der Waals surface area contributed by atoms with Crippen molar-refractivity contribution in [1.29, 1.82) is 0 Å². The van der Waals surface area contributed by atoms with Crippen molar-refractivity contribution in [2.45, 2.75) is 12.8 Å². The lowest BCUT2D eigenvalue weighted by molar-refractivity contribution is -0.162. The Bertz CT molecular complexity index is 299. The maximum Gasteiger partial charge on any atom is 0.323 e. The van der Waals surface area contributed by atoms with Crippen LogP contribution in [0.25, 0.3) is 0 Å². The summed E-state index contributed by atoms with van der Waals surface area (Å²) in [5.74, 6) is -0.758. The van der Waals surface area contributed by atoms with Crippen LogP contribution >= 0.6 is 0 Å². The van der Waals surface area contributed by atoms with Gasteiger partial charge in [0.1, 0.15) is 0 Å². The third-order valence-electron chi connectivity index (χ3n) is 3.54. The van der Waals surface area contributed by atoms with Gasteiger partial charge in [0.15, 0.2) is 5.41 Å². The Labute approximate surface area is 88.2 Å². The molecule has 0 N–H and O–H groups in total. The van der Waals surface area contributed by atoms with Crippen molar-refractivity contribution < 1.29 is 19.1 Å². The van der Waals surface area contributed by atoms with Gasteiger partial charge in [-0.15, -0.1) is 0 Å². The molecular weight excluding hydrogens is 196 g/mol. The molecular formula is C11H14O4. The summed E-state index contributed by atoms with van der Waals surface area (Å²) in [7, 11) is 2.62. The maximum absolute atomic E-state index is 11.7. The molecule has 0 radical (unpaired) electrons. The van der Waals surface area contributed by atoms with Crippen molar-refractivity contribution in [3.63, 3.8) is 0 Å². The molecule has 2 rings (SSSR count). The molecule has 2 aliphatic carbocycles. The molecule has 0 aliphatic heterocycles. The molecule has 0 saturated heterocycles. The first-order chi connectivity index (χ1) is 7.19. The number of carbonyl (C=O) groups is 2. The van der Waals surface area contributed by atoms with Crippen LogP contribution in [0.4, 0.5) is 0 Å². The molecule has 82 valence electrons. The SMILES string of the molecule is COC(=O)C1(C(=O)OC)[C@@H]2CC=CC[C@@H]21. The number of rotatable bonds is 2. The van der Waals surface area contributed by atoms with Crippen LogP contribution in [0.1, 0.15) is 12.8 Å². The van der Waals surface area contributed by atoms with Crippen LogP contribution < -0.4 is 0 Å². The third-order valence-corrected chi connectivity index (χ3v) is 3.54. The summed E-state index contributed by atoms with van der Waals surface area (Å²) in [6.45, 7) is 0. The lowest BCUT2D eigenvalue weighted by atomic mass is 10.0. The third kappa shape index (κ3) is 1.14. The van der Waals surface area contributed by atoms with E-state index in [-0.39, 0.29) is 11.8 Å². The predicted molar refractivity (Wildman–Crippen MR) is 51.8 cm³/mol. The van der Waals surface area contributed by atoms with E-state index >= 15 is 0 Å². The second-order valence-corrected chi connectivity index (χ2v) is 4.01. The van der Waals surface area contributed by atoms with E-state index in [1.807, 2.05) is 12.2 Å². The van der Waals surface area contributed by atoms with Gasteiger partial charge in [-0.05, 0) is 24.7 Å². The molecule has 4 heteroatoms. The normalized spacial score (nSPS) is 30.3. The van der Waals surface area contributed by atoms with Gasteiger partial charge >= 0.3 is 11.9 Å². The lowest BCUT2D eigenvalue weighted by Gasteiger charge is -2.12. The predicted octanol–water partition coefficient (Wildman–Crippen LogP) is 0.915. The molecule has 15 heavy (non-hydrogen) atoms. The van der Waals surface area contributed by atoms with Crippen LogP contribution in [-0.4, -0.2) is 26.2 Å². The first-order valence-corrected chi connectivity index (χ1v) is 5.01. The molecule has 0 heterocycles. The molecule has 4 nitrogen and oxygen atoms in total. The van der Waals surface area contributed by atoms with Gasteiger partial charge in [0.25, 0.3) is 0 Å². The second kappa shape index (κ2) is 3.36. The van der Waals surface area contributed by atoms with Gasteiger partial charge in [0.05, 0.1) is 14.2 Å². The number of fused-ring (bicyclic) bond motifs is 1. The number of hydrogen-bond donors (Lipinski definition) is 0. The first-order valence-electron chi connectivity index (χ1n) is 5.01. The minimum Gasteiger partial charge on any atom is -0.468 e. The van der Waals surface area contributed by atoms with Crippen LogP contribution in [0.15, 0.2) is 12.2 Å². The molecule has 1 saturated carbocycles. The van der Waals surface area contributed by atoms with E-state index in [2.05, 4.69) is 0 Å². The Hall–Kier alpha value is -1.32. The van der Waals surface area contributed by atoms with E-state index in [1.54, 1.807) is 0 Å². The Kier molecular flexibility index (Phi) is 2.29. The molecule has 0 bridgehead atoms. The van der Waals surface area contributed by atoms with Crippen LogP contribution in [0, 0.1) is 17.3 Å². The molecule has 1 fully saturated rings. The van der Waals surface area contributed by atoms with Gasteiger partial charge in [0.2, 0.25) is 0 Å². The second-order valence-electron chi connectivity index (χ2n) is 4.01. The molecule has 2 aliphatic rings. The highest BCUT2D eigenvalue weighted by Crippen LogP contribution is 2.65. The summed E-state index contributed by atoms with van der Waals surface area (Å²) >= 11 is 0. The first kappa shape index (κ1) is 10.2. The van der Waals surface area contributed by atoms with Crippen molar-refractivity contribution in [1.82, 2.24) is 0 Å². The monoisotopic (exact) mass is 210 g/mol. The van der Waals surface area contributed by atoms with Crippen molar-refractivity contribution in [3.8, 4) is 0 Å². The van der Waals surface area contributed by atoms with Crippen LogP contribution in [0.3, 0.4) is 0 Å². The molecule has 0 amide bonds. The fraction of sp³-hybridized carbons (Fsp3) is 0.636. The van der Waals surface area contributed by atoms with E-state index in [0.29, 0.717) is 0 Å². The van der Waals surface area contributed by atoms with Crippen LogP contribution in [-0.2, 0) is 19.1 Å². The van der Waals surface area contributed by atoms with Gasteiger partial charge < -0.3 is 9.47 Å². The number of hydrogen-bond acceptors (Lipinski definition) is 4. The van der Waals surface area contributed by atoms with Gasteiger partial charge in [-0.2, -0.15) is 0 Å². The molecule has 0 aromatic heterocycles. The van der Waals surface area contributed by atoms with Crippen molar-refractivity contribution in [2.24, 2.45) is 17.3 Å². The number of ether oxygens (including phenoxy) is 2. The van der Waals surface area contributed by atoms with Crippen molar-refractivity contribution in [2.75, 3.05) is 14.2 Å². The van der Waals surface area contributed by atoms with Gasteiger partial charge in [-0.1, -0.05) is 12.2 Å². The lowest BCUT2D eigenvalue weighted by Crippen LogP contribution is -2.31. The minimum absolute atomic E-state index is 0.0717. The maximum atomic E-state index is 11.7. The summed E-state index contributed by atoms with van der Waals surface area (Å²) in [6, 6.07) is 0. The number of allylic oxidation sites excluding steroid dienone is 2. The van der Waals surface area contributed by atoms with Gasteiger partial charge in [-0.25, -0.2) is 0 Å². The molecule has 0 aromatic rings. The molecule has 0 aromatic carbocycles. The topological polar surface area (TPSA) is 52.6 Å². The highest BCUT2D eigenvalue weighted by Gasteiger charge is 2.75. The van der Waals surface area contributed by atoms with Crippen LogP contribution in [0.2, 0.25) is 0 Å². The van der Waals surface area contributed by atoms with Gasteiger partial charge in [-0.3, -0.25) is 9.59 Å². The standard InChI is InChI=1S/C11H14O4/c1-14-9(12)11(10(13)15-2)7-5-3-4-6-8(7)11/h3-4,7-8H,5-6H2,1-2H3/t7-,8+.